The molecule has 0 bridgehead atoms. The first kappa shape index (κ1) is 49.6. The monoisotopic (exact) mass is 1120 g/mol. The summed E-state index contributed by atoms with van der Waals surface area (Å²) in [6.45, 7) is 9.18. The van der Waals surface area contributed by atoms with Crippen molar-refractivity contribution in [2.24, 2.45) is 0 Å². The third kappa shape index (κ3) is 7.69. The van der Waals surface area contributed by atoms with Gasteiger partial charge < -0.3 is 14.4 Å². The largest absolute Gasteiger partial charge is 0.309 e. The maximum absolute atomic E-state index is 4.52. The van der Waals surface area contributed by atoms with E-state index in [1.165, 1.54) is 77.4 Å². The van der Waals surface area contributed by atoms with E-state index >= 15 is 0 Å². The van der Waals surface area contributed by atoms with Crippen molar-refractivity contribution in [3.05, 3.63) is 317 Å². The first-order valence-electron chi connectivity index (χ1n) is 28.4. The number of para-hydroxylation sites is 4. The van der Waals surface area contributed by atoms with E-state index in [1.54, 1.807) is 0 Å². The van der Waals surface area contributed by atoms with Crippen molar-refractivity contribution < 1.29 is 0 Å². The van der Waals surface area contributed by atoms with Crippen LogP contribution in [0, 0.1) is 6.92 Å². The molecule has 2 aliphatic rings. The van der Waals surface area contributed by atoms with Crippen LogP contribution in [0.1, 0.15) is 54.2 Å². The Balaban J connectivity index is 1.02. The number of halogens is 1. The average molecular weight is 1120 g/mol. The molecule has 3 nitrogen and oxygen atoms in total. The van der Waals surface area contributed by atoms with Crippen LogP contribution in [0.5, 0.6) is 0 Å². The van der Waals surface area contributed by atoms with Gasteiger partial charge in [0.15, 0.2) is 0 Å². The van der Waals surface area contributed by atoms with Crippen LogP contribution in [-0.4, -0.2) is 4.57 Å². The molecule has 0 amide bonds. The molecule has 82 heavy (non-hydrogen) atoms. The lowest BCUT2D eigenvalue weighted by Gasteiger charge is -2.36. The average Bonchev–Trinajstić information content (AvgIpc) is 1.87. The molecule has 1 heterocycles. The summed E-state index contributed by atoms with van der Waals surface area (Å²) in [4.78, 5) is 5.00. The molecule has 0 fully saturated rings. The van der Waals surface area contributed by atoms with Crippen LogP contribution < -0.4 is 9.80 Å². The summed E-state index contributed by atoms with van der Waals surface area (Å²) in [5.74, 6) is 0. The molecule has 1 atom stereocenters. The molecule has 2 aliphatic carbocycles. The summed E-state index contributed by atoms with van der Waals surface area (Å²) in [5, 5.41) is 2.50. The van der Waals surface area contributed by atoms with Crippen molar-refractivity contribution in [3.63, 3.8) is 0 Å². The summed E-state index contributed by atoms with van der Waals surface area (Å²) in [6, 6.07) is 104. The van der Waals surface area contributed by atoms with Gasteiger partial charge in [-0.25, -0.2) is 0 Å². The molecular formula is C78H58BrN3. The molecule has 0 N–H and O–H groups in total. The molecule has 0 radical (unpaired) electrons. The van der Waals surface area contributed by atoms with Gasteiger partial charge in [-0.2, -0.15) is 0 Å². The molecule has 15 rings (SSSR count). The Labute approximate surface area is 488 Å². The topological polar surface area (TPSA) is 11.4 Å². The first-order chi connectivity index (χ1) is 40.2. The number of rotatable bonds is 9. The van der Waals surface area contributed by atoms with E-state index in [0.717, 1.165) is 66.5 Å². The van der Waals surface area contributed by atoms with Gasteiger partial charge in [0.1, 0.15) is 0 Å². The highest BCUT2D eigenvalue weighted by molar-refractivity contribution is 9.10. The number of nitrogens with zero attached hydrogens (tertiary/aromatic N) is 3. The molecule has 13 aromatic rings. The van der Waals surface area contributed by atoms with Crippen molar-refractivity contribution in [1.29, 1.82) is 0 Å². The first-order valence-corrected chi connectivity index (χ1v) is 29.2. The van der Waals surface area contributed by atoms with Crippen LogP contribution in [0.4, 0.5) is 34.1 Å². The second kappa shape index (κ2) is 19.4. The molecular weight excluding hydrogens is 1060 g/mol. The second-order valence-corrected chi connectivity index (χ2v) is 23.8. The van der Waals surface area contributed by atoms with E-state index in [-0.39, 0.29) is 5.41 Å². The van der Waals surface area contributed by atoms with E-state index in [2.05, 4.69) is 337 Å². The smallest absolute Gasteiger partial charge is 0.0727 e. The highest BCUT2D eigenvalue weighted by atomic mass is 79.9. The Bertz CT molecular complexity index is 4590. The summed E-state index contributed by atoms with van der Waals surface area (Å²) in [7, 11) is 0. The van der Waals surface area contributed by atoms with Crippen LogP contribution in [0.2, 0.25) is 0 Å². The van der Waals surface area contributed by atoms with Gasteiger partial charge in [0.25, 0.3) is 0 Å². The number of hydrogen-bond acceptors (Lipinski definition) is 2. The predicted molar refractivity (Wildman–Crippen MR) is 348 cm³/mol. The van der Waals surface area contributed by atoms with Gasteiger partial charge >= 0.3 is 0 Å². The SMILES string of the molecule is Cc1cccc(N(c2ccccc2-c2ccccc2)c2cc(C(C)(C)C)cc(N(c3ccc4c(c3)C3(c5ccccc5-4)c4ccccc4-c4ccc(-n5c6ccccc6c6ccccc65)cc43)c3ccccc3-c3ccccc3)c2Br)c1. The molecule has 392 valence electrons. The van der Waals surface area contributed by atoms with Gasteiger partial charge in [-0.15, -0.1) is 0 Å². The zero-order valence-electron chi connectivity index (χ0n) is 46.3. The van der Waals surface area contributed by atoms with Gasteiger partial charge in [-0.1, -0.05) is 227 Å². The lowest BCUT2D eigenvalue weighted by Crippen LogP contribution is -2.26. The third-order valence-electron chi connectivity index (χ3n) is 17.3. The molecule has 4 heteroatoms. The van der Waals surface area contributed by atoms with Crippen LogP contribution in [0.25, 0.3) is 72.0 Å². The van der Waals surface area contributed by atoms with Crippen LogP contribution in [0.15, 0.2) is 284 Å². The second-order valence-electron chi connectivity index (χ2n) is 23.0. The Hall–Kier alpha value is -9.48. The van der Waals surface area contributed by atoms with Crippen molar-refractivity contribution in [1.82, 2.24) is 4.57 Å². The summed E-state index contributed by atoms with van der Waals surface area (Å²) in [6.07, 6.45) is 0. The van der Waals surface area contributed by atoms with E-state index in [0.29, 0.717) is 0 Å². The maximum Gasteiger partial charge on any atom is 0.0727 e. The zero-order chi connectivity index (χ0) is 55.3. The minimum absolute atomic E-state index is 0.249. The van der Waals surface area contributed by atoms with Crippen molar-refractivity contribution in [3.8, 4) is 50.2 Å². The Morgan fingerprint density at radius 3 is 1.33 bits per heavy atom. The Morgan fingerprint density at radius 2 is 0.793 bits per heavy atom. The number of aromatic nitrogens is 1. The normalized spacial score (nSPS) is 14.0. The number of fused-ring (bicyclic) bond motifs is 13. The van der Waals surface area contributed by atoms with Crippen molar-refractivity contribution in [2.75, 3.05) is 9.80 Å². The van der Waals surface area contributed by atoms with E-state index < -0.39 is 5.41 Å². The fourth-order valence-corrected chi connectivity index (χ4v) is 14.2. The number of benzene rings is 12. The van der Waals surface area contributed by atoms with Crippen LogP contribution in [0.3, 0.4) is 0 Å². The third-order valence-corrected chi connectivity index (χ3v) is 18.1. The molecule has 12 aromatic carbocycles. The van der Waals surface area contributed by atoms with E-state index in [1.807, 2.05) is 0 Å². The van der Waals surface area contributed by atoms with Crippen molar-refractivity contribution >= 4 is 71.9 Å². The standard InChI is InChI=1S/C78H58BrN3/c1-51-24-23-29-55(46-51)81(70-38-19-13-30-58(70)52-25-7-5-8-26-52)74-47-54(77(2,3)4)48-75(76(74)79)82(71-39-20-14-31-59(71)53-27-9-6-10-28-53)57-43-45-63-61-33-12-18-37-67(61)78(69(63)50-57)66-36-17-11-32-60(66)62-44-42-56(49-68(62)78)80-72-40-21-15-34-64(72)65-35-16-22-41-73(65)80/h5-50H,1-4H3. The number of anilines is 6. The summed E-state index contributed by atoms with van der Waals surface area (Å²) >= 11 is 4.52. The summed E-state index contributed by atoms with van der Waals surface area (Å²) in [5.41, 5.74) is 26.2. The van der Waals surface area contributed by atoms with E-state index in [4.69, 9.17) is 0 Å². The predicted octanol–water partition coefficient (Wildman–Crippen LogP) is 21.8. The number of hydrogen-bond donors (Lipinski definition) is 0. The quantitative estimate of drug-likeness (QED) is 0.143. The van der Waals surface area contributed by atoms with Gasteiger partial charge in [0.05, 0.1) is 43.7 Å². The van der Waals surface area contributed by atoms with Gasteiger partial charge in [0, 0.05) is 39.0 Å². The van der Waals surface area contributed by atoms with Crippen LogP contribution in [-0.2, 0) is 10.8 Å². The van der Waals surface area contributed by atoms with Gasteiger partial charge in [0.2, 0.25) is 0 Å². The fraction of sp³-hybridized carbons (Fsp3) is 0.0769. The molecule has 0 saturated carbocycles. The fourth-order valence-electron chi connectivity index (χ4n) is 13.6. The number of aryl methyl sites for hydroxylation is 1. The molecule has 1 unspecified atom stereocenters. The summed E-state index contributed by atoms with van der Waals surface area (Å²) < 4.78 is 3.44. The lowest BCUT2D eigenvalue weighted by molar-refractivity contribution is 0.590. The molecule has 1 spiro atoms. The van der Waals surface area contributed by atoms with E-state index in [9.17, 15) is 0 Å². The lowest BCUT2D eigenvalue weighted by atomic mass is 9.70. The molecule has 0 aliphatic heterocycles. The minimum Gasteiger partial charge on any atom is -0.309 e. The zero-order valence-corrected chi connectivity index (χ0v) is 47.9. The Morgan fingerprint density at radius 1 is 0.354 bits per heavy atom. The highest BCUT2D eigenvalue weighted by Crippen LogP contribution is 2.64. The van der Waals surface area contributed by atoms with Gasteiger partial charge in [-0.05, 0) is 168 Å². The minimum atomic E-state index is -0.647. The molecule has 1 aromatic heterocycles. The van der Waals surface area contributed by atoms with Crippen molar-refractivity contribution in [2.45, 2.75) is 38.5 Å². The molecule has 0 saturated heterocycles. The maximum atomic E-state index is 4.52. The Kier molecular flexibility index (Phi) is 11.7. The highest BCUT2D eigenvalue weighted by Gasteiger charge is 2.52. The van der Waals surface area contributed by atoms with Gasteiger partial charge in [-0.3, -0.25) is 0 Å². The van der Waals surface area contributed by atoms with Crippen LogP contribution >= 0.6 is 15.9 Å².